The summed E-state index contributed by atoms with van der Waals surface area (Å²) in [6, 6.07) is 22.6. The largest absolute Gasteiger partial charge is 0.325 e. The molecule has 3 aromatic rings. The van der Waals surface area contributed by atoms with E-state index >= 15 is 0 Å². The second kappa shape index (κ2) is 16.8. The number of rotatable bonds is 13. The third-order valence-electron chi connectivity index (χ3n) is 5.55. The van der Waals surface area contributed by atoms with Crippen LogP contribution in [0.1, 0.15) is 47.9 Å². The van der Waals surface area contributed by atoms with Gasteiger partial charge in [0.25, 0.3) is 0 Å². The molecule has 3 rings (SSSR count). The molecule has 0 aromatic heterocycles. The topological polar surface area (TPSA) is 69.6 Å². The minimum Gasteiger partial charge on any atom is -0.324 e. The van der Waals surface area contributed by atoms with Gasteiger partial charge < -0.3 is 15.1 Å². The smallest absolute Gasteiger partial charge is 0.324 e. The highest BCUT2D eigenvalue weighted by Gasteiger charge is 2.12. The summed E-state index contributed by atoms with van der Waals surface area (Å²) in [5.41, 5.74) is 2.89. The summed E-state index contributed by atoms with van der Waals surface area (Å²) in [7, 11) is -4.02. The van der Waals surface area contributed by atoms with Gasteiger partial charge in [-0.2, -0.15) is 0 Å². The summed E-state index contributed by atoms with van der Waals surface area (Å²) in [4.78, 5) is 17.6. The number of unbranched alkanes of at least 4 members (excludes halogenated alkanes) is 2. The van der Waals surface area contributed by atoms with Crippen LogP contribution in [-0.4, -0.2) is 22.5 Å². The number of aryl methyl sites for hydroxylation is 1. The van der Waals surface area contributed by atoms with Crippen molar-refractivity contribution >= 4 is 19.7 Å². The predicted molar refractivity (Wildman–Crippen MR) is 149 cm³/mol. The van der Waals surface area contributed by atoms with Gasteiger partial charge in [0, 0.05) is 17.7 Å². The fraction of sp³-hybridized carbons (Fsp3) is 0.267. The average Bonchev–Trinajstić information content (AvgIpc) is 2.89. The van der Waals surface area contributed by atoms with Crippen LogP contribution in [0, 0.1) is 11.6 Å². The summed E-state index contributed by atoms with van der Waals surface area (Å²) in [6.07, 6.45) is 9.17. The van der Waals surface area contributed by atoms with E-state index in [1.54, 1.807) is 6.08 Å². The van der Waals surface area contributed by atoms with Gasteiger partial charge in [0.1, 0.15) is 11.6 Å². The molecule has 0 unspecified atom stereocenters. The molecule has 0 aliphatic rings. The predicted octanol–water partition coefficient (Wildman–Crippen LogP) is 7.38. The number of hydrogen-bond donors (Lipinski definition) is 3. The van der Waals surface area contributed by atoms with Crippen molar-refractivity contribution in [3.63, 3.8) is 0 Å². The monoisotopic (exact) mass is 527 g/mol. The summed E-state index contributed by atoms with van der Waals surface area (Å²) >= 11 is 0. The Morgan fingerprint density at radius 3 is 2.19 bits per heavy atom. The van der Waals surface area contributed by atoms with E-state index in [0.717, 1.165) is 25.7 Å². The van der Waals surface area contributed by atoms with Crippen molar-refractivity contribution in [2.45, 2.75) is 38.6 Å². The van der Waals surface area contributed by atoms with Gasteiger partial charge in [-0.3, -0.25) is 4.57 Å². The van der Waals surface area contributed by atoms with E-state index in [2.05, 4.69) is 24.0 Å². The minimum atomic E-state index is -4.02. The van der Waals surface area contributed by atoms with E-state index in [9.17, 15) is 13.3 Å². The van der Waals surface area contributed by atoms with Gasteiger partial charge >= 0.3 is 7.60 Å². The van der Waals surface area contributed by atoms with Crippen LogP contribution in [0.15, 0.2) is 85.5 Å². The molecule has 0 radical (unpaired) electrons. The van der Waals surface area contributed by atoms with Gasteiger partial charge in [0.15, 0.2) is 0 Å². The van der Waals surface area contributed by atoms with Crippen LogP contribution in [0.4, 0.5) is 8.78 Å². The maximum absolute atomic E-state index is 14.2. The molecule has 37 heavy (non-hydrogen) atoms. The standard InChI is InChI=1S/C22H28F2NO3P.C8H8/c23-21-16-20(17-25-13-8-14-29(26,27)28)22(24)15-19(21)12-7-2-1-4-9-18-10-5-3-6-11-18;1-2-8-6-4-3-5-7-8/h3,5-7,10-12,15-16,25H,1-2,4,8-9,13-14,17H2,(H2,26,27,28);2-7H,1H2. The number of halogens is 2. The van der Waals surface area contributed by atoms with Gasteiger partial charge in [-0.25, -0.2) is 8.78 Å². The number of hydrogen-bond acceptors (Lipinski definition) is 2. The maximum atomic E-state index is 14.2. The van der Waals surface area contributed by atoms with Crippen LogP contribution in [0.25, 0.3) is 12.2 Å². The molecule has 3 N–H and O–H groups in total. The molecule has 0 bridgehead atoms. The molecule has 7 heteroatoms. The zero-order valence-electron chi connectivity index (χ0n) is 21.0. The van der Waals surface area contributed by atoms with Crippen molar-refractivity contribution < 1.29 is 23.1 Å². The normalized spacial score (nSPS) is 11.2. The van der Waals surface area contributed by atoms with Crippen LogP contribution >= 0.6 is 7.60 Å². The van der Waals surface area contributed by atoms with Crippen LogP contribution in [0.3, 0.4) is 0 Å². The third-order valence-corrected chi connectivity index (χ3v) is 6.44. The van der Waals surface area contributed by atoms with Gasteiger partial charge in [-0.15, -0.1) is 0 Å². The van der Waals surface area contributed by atoms with Crippen molar-refractivity contribution in [1.29, 1.82) is 0 Å². The molecule has 0 fully saturated rings. The molecule has 0 aliphatic heterocycles. The van der Waals surface area contributed by atoms with Crippen LogP contribution in [0.2, 0.25) is 0 Å². The fourth-order valence-electron chi connectivity index (χ4n) is 3.54. The van der Waals surface area contributed by atoms with Crippen molar-refractivity contribution in [3.8, 4) is 0 Å². The molecule has 198 valence electrons. The molecule has 0 spiro atoms. The first kappa shape index (κ1) is 30.3. The van der Waals surface area contributed by atoms with Crippen molar-refractivity contribution in [3.05, 3.63) is 119 Å². The lowest BCUT2D eigenvalue weighted by molar-refractivity contribution is 0.371. The van der Waals surface area contributed by atoms with E-state index in [1.807, 2.05) is 60.7 Å². The summed E-state index contributed by atoms with van der Waals surface area (Å²) < 4.78 is 39.2. The molecule has 0 saturated heterocycles. The van der Waals surface area contributed by atoms with E-state index in [0.29, 0.717) is 6.54 Å². The quantitative estimate of drug-likeness (QED) is 0.160. The Balaban J connectivity index is 0.000000510. The van der Waals surface area contributed by atoms with Gasteiger partial charge in [-0.05, 0) is 61.9 Å². The Kier molecular flexibility index (Phi) is 13.8. The Labute approximate surface area is 218 Å². The zero-order chi connectivity index (χ0) is 26.9. The first-order valence-electron chi connectivity index (χ1n) is 12.4. The highest BCUT2D eigenvalue weighted by molar-refractivity contribution is 7.51. The van der Waals surface area contributed by atoms with Crippen molar-refractivity contribution in [2.75, 3.05) is 12.7 Å². The van der Waals surface area contributed by atoms with Crippen molar-refractivity contribution in [2.24, 2.45) is 0 Å². The third kappa shape index (κ3) is 13.3. The number of benzene rings is 3. The lowest BCUT2D eigenvalue weighted by Gasteiger charge is -2.08. The zero-order valence-corrected chi connectivity index (χ0v) is 21.9. The number of allylic oxidation sites excluding steroid dienone is 1. The first-order valence-corrected chi connectivity index (χ1v) is 14.2. The highest BCUT2D eigenvalue weighted by Crippen LogP contribution is 2.34. The summed E-state index contributed by atoms with van der Waals surface area (Å²) in [5.74, 6) is -0.989. The number of nitrogens with one attached hydrogen (secondary N) is 1. The molecular weight excluding hydrogens is 491 g/mol. The molecular formula is C30H36F2NO3P. The lowest BCUT2D eigenvalue weighted by atomic mass is 10.1. The second-order valence-corrected chi connectivity index (χ2v) is 10.4. The van der Waals surface area contributed by atoms with Crippen LogP contribution in [-0.2, 0) is 17.5 Å². The highest BCUT2D eigenvalue weighted by atomic mass is 31.2. The van der Waals surface area contributed by atoms with E-state index in [1.165, 1.54) is 23.3 Å². The fourth-order valence-corrected chi connectivity index (χ4v) is 4.11. The molecule has 0 amide bonds. The van der Waals surface area contributed by atoms with Gasteiger partial charge in [-0.1, -0.05) is 85.5 Å². The average molecular weight is 528 g/mol. The molecule has 0 atom stereocenters. The summed E-state index contributed by atoms with van der Waals surface area (Å²) in [6.45, 7) is 4.05. The van der Waals surface area contributed by atoms with Gasteiger partial charge in [0.2, 0.25) is 0 Å². The molecule has 0 aliphatic carbocycles. The van der Waals surface area contributed by atoms with E-state index < -0.39 is 19.2 Å². The van der Waals surface area contributed by atoms with Gasteiger partial charge in [0.05, 0.1) is 6.16 Å². The molecule has 0 heterocycles. The maximum Gasteiger partial charge on any atom is 0.325 e. The van der Waals surface area contributed by atoms with Crippen LogP contribution in [0.5, 0.6) is 0 Å². The lowest BCUT2D eigenvalue weighted by Crippen LogP contribution is -2.17. The van der Waals surface area contributed by atoms with E-state index in [4.69, 9.17) is 9.79 Å². The Bertz CT molecular complexity index is 1150. The van der Waals surface area contributed by atoms with E-state index in [-0.39, 0.29) is 30.3 Å². The Morgan fingerprint density at radius 2 is 1.57 bits per heavy atom. The molecule has 3 aromatic carbocycles. The molecule has 4 nitrogen and oxygen atoms in total. The Hall–Kier alpha value is -2.89. The SMILES string of the molecule is C=Cc1ccccc1.O=P(O)(O)CCCNCc1cc(F)c(C=CCCCCc2ccccc2)cc1F. The minimum absolute atomic E-state index is 0.105. The molecule has 0 saturated carbocycles. The van der Waals surface area contributed by atoms with Crippen LogP contribution < -0.4 is 5.32 Å². The Morgan fingerprint density at radius 1 is 0.892 bits per heavy atom. The summed E-state index contributed by atoms with van der Waals surface area (Å²) in [5, 5.41) is 2.87. The second-order valence-electron chi connectivity index (χ2n) is 8.63. The van der Waals surface area contributed by atoms with Crippen molar-refractivity contribution in [1.82, 2.24) is 5.32 Å². The first-order chi connectivity index (χ1) is 17.8.